The lowest BCUT2D eigenvalue weighted by Crippen LogP contribution is -2.44. The lowest BCUT2D eigenvalue weighted by atomic mass is 10.4. The molecule has 4 aliphatic heterocycles. The Labute approximate surface area is 723 Å². The Morgan fingerprint density at radius 3 is 0.961 bits per heavy atom. The van der Waals surface area contributed by atoms with E-state index in [1.807, 2.05) is 10.6 Å². The predicted molar refractivity (Wildman–Crippen MR) is 438 cm³/mol. The van der Waals surface area contributed by atoms with Crippen molar-refractivity contribution < 1.29 is 115 Å². The summed E-state index contributed by atoms with van der Waals surface area (Å²) in [6.07, 6.45) is -20.3. The summed E-state index contributed by atoms with van der Waals surface area (Å²) < 4.78 is 176. The molecule has 12 rings (SSSR count). The van der Waals surface area contributed by atoms with Gasteiger partial charge in [-0.15, -0.1) is 23.7 Å². The van der Waals surface area contributed by atoms with Crippen molar-refractivity contribution in [3.63, 3.8) is 0 Å². The molecule has 0 aliphatic carbocycles. The van der Waals surface area contributed by atoms with Gasteiger partial charge in [-0.2, -0.15) is 92.8 Å². The van der Waals surface area contributed by atoms with E-state index in [-0.39, 0.29) is 55.5 Å². The molecule has 698 valence electrons. The van der Waals surface area contributed by atoms with E-state index >= 15 is 0 Å². The number of anilines is 4. The number of aliphatic carboxylic acids is 5. The van der Waals surface area contributed by atoms with Crippen LogP contribution in [0.15, 0.2) is 34.6 Å². The van der Waals surface area contributed by atoms with E-state index in [2.05, 4.69) is 128 Å². The Morgan fingerprint density at radius 1 is 0.430 bits per heavy atom. The van der Waals surface area contributed by atoms with Crippen molar-refractivity contribution in [2.45, 2.75) is 108 Å². The van der Waals surface area contributed by atoms with Crippen LogP contribution < -0.4 is 63.1 Å². The van der Waals surface area contributed by atoms with E-state index in [0.717, 1.165) is 121 Å². The number of sulfone groups is 1. The highest BCUT2D eigenvalue weighted by molar-refractivity contribution is 7.99. The van der Waals surface area contributed by atoms with Gasteiger partial charge in [-0.1, -0.05) is 49.3 Å². The van der Waals surface area contributed by atoms with Crippen LogP contribution in [-0.4, -0.2) is 291 Å². The van der Waals surface area contributed by atoms with Crippen molar-refractivity contribution in [3.8, 4) is 53.4 Å². The molecule has 0 aromatic carbocycles. The highest BCUT2D eigenvalue weighted by atomic mass is 32.2. The number of nitrogens with zero attached hydrogens (tertiary/aromatic N) is 21. The average Bonchev–Trinajstić information content (AvgIpc) is 1.61. The van der Waals surface area contributed by atoms with Gasteiger partial charge in [-0.3, -0.25) is 64.7 Å². The molecule has 8 aromatic heterocycles. The summed E-state index contributed by atoms with van der Waals surface area (Å²) in [6, 6.07) is 1.93. The van der Waals surface area contributed by atoms with Gasteiger partial charge >= 0.3 is 54.6 Å². The maximum atomic E-state index is 12.9. The van der Waals surface area contributed by atoms with Crippen LogP contribution in [0, 0.1) is 58.7 Å². The molecule has 128 heavy (non-hydrogen) atoms. The van der Waals surface area contributed by atoms with E-state index in [9.17, 15) is 89.3 Å². The molecular formula is C71H85F12N25O17S3. The summed E-state index contributed by atoms with van der Waals surface area (Å²) in [5.41, 5.74) is 1.37. The Bertz CT molecular complexity index is 5980. The highest BCUT2D eigenvalue weighted by Gasteiger charge is 2.41. The third kappa shape index (κ3) is 28.1. The van der Waals surface area contributed by atoms with Crippen molar-refractivity contribution >= 4 is 131 Å². The van der Waals surface area contributed by atoms with Gasteiger partial charge in [-0.25, -0.2) is 32.6 Å². The molecule has 12 heterocycles. The van der Waals surface area contributed by atoms with Gasteiger partial charge in [0.1, 0.15) is 6.07 Å². The molecule has 0 saturated carbocycles. The Kier molecular flexibility index (Phi) is 38.9. The number of aromatic nitrogens is 16. The van der Waals surface area contributed by atoms with Gasteiger partial charge in [0, 0.05) is 139 Å². The first-order valence-corrected chi connectivity index (χ1v) is 41.3. The second-order valence-electron chi connectivity index (χ2n) is 26.0. The number of nitrogens with one attached hydrogen (secondary N) is 4. The summed E-state index contributed by atoms with van der Waals surface area (Å²) in [5, 5.41) is 60.0. The molecule has 4 saturated heterocycles. The van der Waals surface area contributed by atoms with Crippen molar-refractivity contribution in [2.24, 2.45) is 28.2 Å². The summed E-state index contributed by atoms with van der Waals surface area (Å²) in [6.45, 7) is 24.7. The first-order valence-electron chi connectivity index (χ1n) is 37.3. The molecule has 1 unspecified atom stereocenters. The number of halogens is 12. The van der Waals surface area contributed by atoms with E-state index in [1.165, 1.54) is 27.7 Å². The molecule has 0 spiro atoms. The zero-order valence-electron chi connectivity index (χ0n) is 69.6. The number of carbonyl (C=O) groups is 5. The van der Waals surface area contributed by atoms with Crippen LogP contribution >= 0.6 is 11.8 Å². The fourth-order valence-electron chi connectivity index (χ4n) is 11.3. The van der Waals surface area contributed by atoms with E-state index in [1.54, 1.807) is 69.5 Å². The zero-order chi connectivity index (χ0) is 96.3. The number of carboxylic acids is 5. The summed E-state index contributed by atoms with van der Waals surface area (Å²) in [4.78, 5) is 142. The molecule has 9 N–H and O–H groups in total. The largest absolute Gasteiger partial charge is 0.490 e. The second kappa shape index (κ2) is 47.1. The first-order chi connectivity index (χ1) is 59.9. The number of alkyl halides is 12. The van der Waals surface area contributed by atoms with E-state index in [0.29, 0.717) is 94.4 Å². The van der Waals surface area contributed by atoms with Crippen molar-refractivity contribution in [1.82, 2.24) is 97.7 Å². The summed E-state index contributed by atoms with van der Waals surface area (Å²) >= 11 is 1.00. The molecule has 42 nitrogen and oxygen atoms in total. The van der Waals surface area contributed by atoms with E-state index in [4.69, 9.17) is 50.0 Å². The number of hydrogen-bond acceptors (Lipinski definition) is 30. The van der Waals surface area contributed by atoms with Gasteiger partial charge in [-0.05, 0) is 27.7 Å². The molecular weight excluding hydrogens is 1800 g/mol. The maximum Gasteiger partial charge on any atom is 0.490 e. The van der Waals surface area contributed by atoms with Crippen LogP contribution in [0.4, 0.5) is 76.5 Å². The Hall–Kier alpha value is -12.9. The minimum absolute atomic E-state index is 0.0561. The van der Waals surface area contributed by atoms with Crippen LogP contribution in [0.3, 0.4) is 0 Å². The number of fused-ring (bicyclic) bond motifs is 4. The molecule has 57 heteroatoms. The predicted octanol–water partition coefficient (Wildman–Crippen LogP) is 0.754. The minimum atomic E-state index is -5.08. The SMILES string of the molecule is CC#CCn1c(N2CCNCC2)nc2nc(C#N)n(C)c(=O)c21.CC#CCn1c(N2CCNCC2)nc2nc(S(=O)(=O)CC)n(C)c(=O)c21.CC#CCn1c(N2CCNCC2)nc2nc(S(=O)CC)n(C)c(=O)c21.CC#CCn1c(N2CCNCC2)nc2nc(SCC(=O)O)n(C)c(=O)c21.O=C(O)C(F)(F)F.O=C(O)C(F)(F)F.O=C(O)C(F)(F)F.O=C(O)C(F)(F)F. The number of hydrogen-bond donors (Lipinski definition) is 9. The molecule has 0 bridgehead atoms. The molecule has 4 fully saturated rings. The summed E-state index contributed by atoms with van der Waals surface area (Å²) in [7, 11) is 1.19. The average molecular weight is 1880 g/mol. The molecule has 0 radical (unpaired) electrons. The van der Waals surface area contributed by atoms with Gasteiger partial charge in [0.15, 0.2) is 49.8 Å². The lowest BCUT2D eigenvalue weighted by Gasteiger charge is -2.28. The first kappa shape index (κ1) is 106. The van der Waals surface area contributed by atoms with Crippen molar-refractivity contribution in [2.75, 3.05) is 142 Å². The van der Waals surface area contributed by atoms with Crippen LogP contribution in [0.25, 0.3) is 44.7 Å². The van der Waals surface area contributed by atoms with Gasteiger partial charge in [0.25, 0.3) is 22.2 Å². The molecule has 0 amide bonds. The Morgan fingerprint density at radius 2 is 0.695 bits per heavy atom. The van der Waals surface area contributed by atoms with Crippen molar-refractivity contribution in [1.29, 1.82) is 5.26 Å². The minimum Gasteiger partial charge on any atom is -0.481 e. The molecule has 4 aliphatic rings. The third-order valence-corrected chi connectivity index (χ3v) is 21.5. The monoisotopic (exact) mass is 1880 g/mol. The number of carboxylic acid groups (broad SMARTS) is 5. The number of thioether (sulfide) groups is 1. The van der Waals surface area contributed by atoms with Crippen LogP contribution in [0.2, 0.25) is 0 Å². The number of rotatable bonds is 15. The second-order valence-corrected chi connectivity index (χ2v) is 30.7. The quantitative estimate of drug-likeness (QED) is 0.0296. The van der Waals surface area contributed by atoms with Crippen LogP contribution in [-0.2, 0) is 99.0 Å². The molecule has 1 atom stereocenters. The topological polar surface area (TPSA) is 533 Å². The lowest BCUT2D eigenvalue weighted by molar-refractivity contribution is -0.193. The zero-order valence-corrected chi connectivity index (χ0v) is 72.0. The fraction of sp³-hybridized carbons (Fsp3) is 0.521. The maximum absolute atomic E-state index is 12.9. The smallest absolute Gasteiger partial charge is 0.481 e. The molecule has 8 aromatic rings. The van der Waals surface area contributed by atoms with Crippen LogP contribution in [0.1, 0.15) is 47.4 Å². The third-order valence-electron chi connectivity index (χ3n) is 17.5. The van der Waals surface area contributed by atoms with E-state index < -0.39 is 80.7 Å². The number of piperazine rings is 4. The van der Waals surface area contributed by atoms with Gasteiger partial charge in [0.05, 0.1) is 48.5 Å². The number of nitriles is 1. The normalized spacial score (nSPS) is 14.1. The van der Waals surface area contributed by atoms with Crippen molar-refractivity contribution in [3.05, 3.63) is 47.2 Å². The number of imidazole rings is 4. The van der Waals surface area contributed by atoms with Gasteiger partial charge < -0.3 is 66.4 Å². The summed E-state index contributed by atoms with van der Waals surface area (Å²) in [5.74, 6) is 14.2. The Balaban J connectivity index is 0.000000274. The standard InChI is InChI=1S/C16H22N6O3S.C16H20N6O3S.C16H22N6O2S.C15H17N7O.4C2HF3O2/c1-4-6-9-22-12-13(18-15(22)21-10-7-17-8-11-21)19-16(20(3)14(12)23)26(24,25)5-2;1-3-4-7-22-12-13(18-15(22)21-8-5-17-6-9-21)19-16(20(2)14(12)25)26-10-11(23)24;1-4-6-9-22-12-13(18-15(22)21-10-7-17-8-11-21)19-16(25(24)5-2)20(3)14(12)23;1-3-4-7-22-12-13(18-11(10-16)20(2)14(12)23)19-15(22)21-8-5-17-6-9-21;4*3-2(4,5)1(6)7/h17H,5,7-11H2,1-3H3;17H,5-10H2,1-2H3,(H,23,24);17H,5,7-11H2,1-3H3;17H,5-9H2,1-2H3;4*(H,6,7). The van der Waals surface area contributed by atoms with Gasteiger partial charge in [0.2, 0.25) is 49.8 Å². The highest BCUT2D eigenvalue weighted by Crippen LogP contribution is 2.27. The van der Waals surface area contributed by atoms with Crippen LogP contribution in [0.5, 0.6) is 0 Å². The fourth-order valence-corrected chi connectivity index (χ4v) is 13.8.